The molecule has 0 fully saturated rings. The maximum absolute atomic E-state index is 13.5. The standard InChI is InChI=1S/C22H21FN4O4/c1-13-21(15-4-7-18-17(10-15)25-20(29)12-31-18)22(14-2-5-16(23)6-3-14)27(26-13)8-9-30-11-19(24)28/h2-7,10H,8-9,11-12H2,1H3,(H2,24,28)(H,25,29). The number of benzene rings is 2. The van der Waals surface area contributed by atoms with Crippen molar-refractivity contribution in [2.45, 2.75) is 13.5 Å². The number of nitrogens with two attached hydrogens (primary N) is 1. The zero-order chi connectivity index (χ0) is 22.0. The van der Waals surface area contributed by atoms with Crippen LogP contribution in [0.2, 0.25) is 0 Å². The van der Waals surface area contributed by atoms with Crippen LogP contribution in [0.25, 0.3) is 22.4 Å². The molecule has 160 valence electrons. The first kappa shape index (κ1) is 20.5. The summed E-state index contributed by atoms with van der Waals surface area (Å²) in [4.78, 5) is 22.6. The number of fused-ring (bicyclic) bond motifs is 1. The first-order valence-corrected chi connectivity index (χ1v) is 9.69. The topological polar surface area (TPSA) is 108 Å². The average Bonchev–Trinajstić information content (AvgIpc) is 3.07. The van der Waals surface area contributed by atoms with Gasteiger partial charge in [-0.15, -0.1) is 0 Å². The van der Waals surface area contributed by atoms with Gasteiger partial charge in [-0.05, 0) is 48.9 Å². The van der Waals surface area contributed by atoms with Crippen LogP contribution in [-0.4, -0.2) is 41.4 Å². The van der Waals surface area contributed by atoms with Gasteiger partial charge in [0.25, 0.3) is 5.91 Å². The molecule has 3 aromatic rings. The van der Waals surface area contributed by atoms with Crippen molar-refractivity contribution < 1.29 is 23.5 Å². The highest BCUT2D eigenvalue weighted by Crippen LogP contribution is 2.39. The lowest BCUT2D eigenvalue weighted by atomic mass is 9.98. The molecule has 0 bridgehead atoms. The number of hydrogen-bond donors (Lipinski definition) is 2. The van der Waals surface area contributed by atoms with Crippen molar-refractivity contribution in [2.75, 3.05) is 25.1 Å². The van der Waals surface area contributed by atoms with Crippen LogP contribution < -0.4 is 15.8 Å². The molecule has 0 spiro atoms. The van der Waals surface area contributed by atoms with E-state index in [1.165, 1.54) is 12.1 Å². The van der Waals surface area contributed by atoms with Gasteiger partial charge in [-0.25, -0.2) is 4.39 Å². The summed E-state index contributed by atoms with van der Waals surface area (Å²) in [7, 11) is 0. The second-order valence-electron chi connectivity index (χ2n) is 7.11. The molecule has 0 aliphatic carbocycles. The summed E-state index contributed by atoms with van der Waals surface area (Å²) in [5.74, 6) is -0.514. The van der Waals surface area contributed by atoms with E-state index in [4.69, 9.17) is 15.2 Å². The number of nitrogens with zero attached hydrogens (tertiary/aromatic N) is 2. The van der Waals surface area contributed by atoms with Crippen molar-refractivity contribution in [2.24, 2.45) is 5.73 Å². The number of primary amides is 1. The summed E-state index contributed by atoms with van der Waals surface area (Å²) in [6.45, 7) is 2.27. The van der Waals surface area contributed by atoms with Crippen LogP contribution >= 0.6 is 0 Å². The Morgan fingerprint density at radius 3 is 2.74 bits per heavy atom. The summed E-state index contributed by atoms with van der Waals surface area (Å²) < 4.78 is 26.0. The SMILES string of the molecule is Cc1nn(CCOCC(N)=O)c(-c2ccc(F)cc2)c1-c1ccc2c(c1)NC(=O)CO2. The lowest BCUT2D eigenvalue weighted by molar-refractivity contribution is -0.122. The highest BCUT2D eigenvalue weighted by atomic mass is 19.1. The number of carbonyl (C=O) groups is 2. The summed E-state index contributed by atoms with van der Waals surface area (Å²) >= 11 is 0. The summed E-state index contributed by atoms with van der Waals surface area (Å²) in [6.07, 6.45) is 0. The molecule has 0 radical (unpaired) electrons. The Labute approximate surface area is 177 Å². The number of nitrogens with one attached hydrogen (secondary N) is 1. The molecule has 0 saturated carbocycles. The zero-order valence-electron chi connectivity index (χ0n) is 16.9. The molecular formula is C22H21FN4O4. The summed E-state index contributed by atoms with van der Waals surface area (Å²) in [5.41, 5.74) is 9.64. The number of hydrogen-bond acceptors (Lipinski definition) is 5. The second kappa shape index (κ2) is 8.57. The van der Waals surface area contributed by atoms with Gasteiger partial charge in [-0.3, -0.25) is 14.3 Å². The quantitative estimate of drug-likeness (QED) is 0.567. The highest BCUT2D eigenvalue weighted by molar-refractivity contribution is 5.97. The summed E-state index contributed by atoms with van der Waals surface area (Å²) in [6, 6.07) is 11.6. The maximum Gasteiger partial charge on any atom is 0.262 e. The minimum absolute atomic E-state index is 0.0184. The van der Waals surface area contributed by atoms with E-state index in [1.54, 1.807) is 22.9 Å². The Balaban J connectivity index is 1.76. The van der Waals surface area contributed by atoms with Crippen LogP contribution in [0, 0.1) is 12.7 Å². The van der Waals surface area contributed by atoms with E-state index in [0.717, 1.165) is 28.1 Å². The van der Waals surface area contributed by atoms with Gasteiger partial charge in [0.05, 0.1) is 30.2 Å². The van der Waals surface area contributed by atoms with E-state index < -0.39 is 5.91 Å². The normalized spacial score (nSPS) is 12.8. The fraction of sp³-hybridized carbons (Fsp3) is 0.227. The van der Waals surface area contributed by atoms with Crippen LogP contribution in [-0.2, 0) is 20.9 Å². The molecule has 8 nitrogen and oxygen atoms in total. The lowest BCUT2D eigenvalue weighted by Crippen LogP contribution is -2.25. The molecule has 4 rings (SSSR count). The lowest BCUT2D eigenvalue weighted by Gasteiger charge is -2.19. The molecule has 9 heteroatoms. The molecule has 0 atom stereocenters. The second-order valence-corrected chi connectivity index (χ2v) is 7.11. The van der Waals surface area contributed by atoms with Gasteiger partial charge in [0, 0.05) is 11.1 Å². The molecule has 3 N–H and O–H groups in total. The number of halogens is 1. The van der Waals surface area contributed by atoms with Crippen molar-refractivity contribution >= 4 is 17.5 Å². The third kappa shape index (κ3) is 4.41. The largest absolute Gasteiger partial charge is 0.482 e. The molecule has 2 aromatic carbocycles. The van der Waals surface area contributed by atoms with E-state index in [2.05, 4.69) is 10.4 Å². The molecule has 1 aliphatic heterocycles. The Morgan fingerprint density at radius 1 is 1.26 bits per heavy atom. The monoisotopic (exact) mass is 424 g/mol. The van der Waals surface area contributed by atoms with Crippen molar-refractivity contribution in [1.82, 2.24) is 9.78 Å². The van der Waals surface area contributed by atoms with Crippen LogP contribution in [0.5, 0.6) is 5.75 Å². The summed E-state index contributed by atoms with van der Waals surface area (Å²) in [5, 5.41) is 7.45. The predicted molar refractivity (Wildman–Crippen MR) is 112 cm³/mol. The number of rotatable bonds is 7. The minimum Gasteiger partial charge on any atom is -0.482 e. The first-order valence-electron chi connectivity index (χ1n) is 9.69. The van der Waals surface area contributed by atoms with E-state index in [0.29, 0.717) is 18.0 Å². The van der Waals surface area contributed by atoms with E-state index in [9.17, 15) is 14.0 Å². The third-order valence-corrected chi connectivity index (χ3v) is 4.84. The number of aryl methyl sites for hydroxylation is 1. The average molecular weight is 424 g/mol. The molecule has 0 unspecified atom stereocenters. The van der Waals surface area contributed by atoms with Gasteiger partial charge in [0.1, 0.15) is 18.2 Å². The molecule has 1 aromatic heterocycles. The minimum atomic E-state index is -0.547. The molecule has 2 heterocycles. The van der Waals surface area contributed by atoms with Crippen molar-refractivity contribution in [3.05, 3.63) is 54.0 Å². The van der Waals surface area contributed by atoms with Gasteiger partial charge in [0.2, 0.25) is 5.91 Å². The van der Waals surface area contributed by atoms with E-state index in [1.807, 2.05) is 19.1 Å². The van der Waals surface area contributed by atoms with Crippen LogP contribution in [0.1, 0.15) is 5.69 Å². The van der Waals surface area contributed by atoms with E-state index >= 15 is 0 Å². The maximum atomic E-state index is 13.5. The molecule has 2 amide bonds. The fourth-order valence-corrected chi connectivity index (χ4v) is 3.55. The van der Waals surface area contributed by atoms with Gasteiger partial charge in [-0.1, -0.05) is 6.07 Å². The Morgan fingerprint density at radius 2 is 2.00 bits per heavy atom. The fourth-order valence-electron chi connectivity index (χ4n) is 3.55. The van der Waals surface area contributed by atoms with Gasteiger partial charge in [0.15, 0.2) is 6.61 Å². The number of anilines is 1. The first-order chi connectivity index (χ1) is 14.9. The number of aromatic nitrogens is 2. The van der Waals surface area contributed by atoms with E-state index in [-0.39, 0.29) is 31.5 Å². The van der Waals surface area contributed by atoms with Gasteiger partial charge >= 0.3 is 0 Å². The van der Waals surface area contributed by atoms with Crippen molar-refractivity contribution in [1.29, 1.82) is 0 Å². The Hall–Kier alpha value is -3.72. The number of ether oxygens (including phenoxy) is 2. The zero-order valence-corrected chi connectivity index (χ0v) is 16.9. The highest BCUT2D eigenvalue weighted by Gasteiger charge is 2.22. The smallest absolute Gasteiger partial charge is 0.262 e. The third-order valence-electron chi connectivity index (χ3n) is 4.84. The Kier molecular flexibility index (Phi) is 5.68. The van der Waals surface area contributed by atoms with Crippen LogP contribution in [0.3, 0.4) is 0 Å². The number of carbonyl (C=O) groups excluding carboxylic acids is 2. The van der Waals surface area contributed by atoms with Crippen LogP contribution in [0.15, 0.2) is 42.5 Å². The van der Waals surface area contributed by atoms with Crippen molar-refractivity contribution in [3.63, 3.8) is 0 Å². The van der Waals surface area contributed by atoms with Gasteiger partial charge < -0.3 is 20.5 Å². The molecule has 0 saturated heterocycles. The van der Waals surface area contributed by atoms with Gasteiger partial charge in [-0.2, -0.15) is 5.10 Å². The van der Waals surface area contributed by atoms with Crippen LogP contribution in [0.4, 0.5) is 10.1 Å². The van der Waals surface area contributed by atoms with Crippen molar-refractivity contribution in [3.8, 4) is 28.1 Å². The predicted octanol–water partition coefficient (Wildman–Crippen LogP) is 2.50. The molecule has 1 aliphatic rings. The Bertz CT molecular complexity index is 1140. The molecule has 31 heavy (non-hydrogen) atoms. The molecular weight excluding hydrogens is 403 g/mol. The number of amides is 2.